The largest absolute Gasteiger partial charge is 0.478 e. The molecule has 0 bridgehead atoms. The second-order valence-electron chi connectivity index (χ2n) is 7.99. The lowest BCUT2D eigenvalue weighted by Crippen LogP contribution is -2.27. The molecule has 1 fully saturated rings. The zero-order valence-corrected chi connectivity index (χ0v) is 18.9. The van der Waals surface area contributed by atoms with E-state index in [-0.39, 0.29) is 10.9 Å². The van der Waals surface area contributed by atoms with Crippen molar-refractivity contribution in [1.29, 1.82) is 0 Å². The molecular weight excluding hydrogens is 459 g/mol. The number of nitrogens with one attached hydrogen (secondary N) is 2. The van der Waals surface area contributed by atoms with Crippen molar-refractivity contribution in [3.05, 3.63) is 71.1 Å². The van der Waals surface area contributed by atoms with Crippen molar-refractivity contribution in [1.82, 2.24) is 25.6 Å². The second-order valence-corrected chi connectivity index (χ2v) is 8.40. The molecule has 5 rings (SSSR count). The molecule has 0 saturated heterocycles. The molecule has 1 amide bonds. The van der Waals surface area contributed by atoms with Crippen molar-refractivity contribution in [2.45, 2.75) is 25.2 Å². The Morgan fingerprint density at radius 1 is 1.18 bits per heavy atom. The molecule has 2 aromatic heterocycles. The number of aromatic nitrogens is 5. The molecule has 2 aromatic carbocycles. The predicted octanol–water partition coefficient (Wildman–Crippen LogP) is 4.79. The zero-order valence-electron chi connectivity index (χ0n) is 18.2. The van der Waals surface area contributed by atoms with E-state index in [2.05, 4.69) is 30.9 Å². The van der Waals surface area contributed by atoms with Crippen LogP contribution >= 0.6 is 11.6 Å². The highest BCUT2D eigenvalue weighted by molar-refractivity contribution is 6.30. The van der Waals surface area contributed by atoms with E-state index in [9.17, 15) is 9.18 Å². The van der Waals surface area contributed by atoms with Gasteiger partial charge in [0.25, 0.3) is 0 Å². The van der Waals surface area contributed by atoms with Crippen LogP contribution in [0, 0.1) is 5.82 Å². The van der Waals surface area contributed by atoms with E-state index in [1.54, 1.807) is 24.4 Å². The van der Waals surface area contributed by atoms with Crippen molar-refractivity contribution in [2.75, 3.05) is 11.9 Å². The highest BCUT2D eigenvalue weighted by Crippen LogP contribution is 2.49. The van der Waals surface area contributed by atoms with Crippen LogP contribution in [-0.2, 0) is 10.2 Å². The lowest BCUT2D eigenvalue weighted by Gasteiger charge is -2.17. The van der Waals surface area contributed by atoms with Crippen LogP contribution in [0.4, 0.5) is 10.1 Å². The summed E-state index contributed by atoms with van der Waals surface area (Å²) in [5, 5.41) is 17.2. The fraction of sp³-hybridized carbons (Fsp3) is 0.208. The first-order chi connectivity index (χ1) is 16.5. The molecule has 8 nitrogen and oxygen atoms in total. The van der Waals surface area contributed by atoms with Crippen LogP contribution in [0.5, 0.6) is 5.88 Å². The molecular formula is C24H20ClFN6O2. The van der Waals surface area contributed by atoms with E-state index in [0.29, 0.717) is 48.0 Å². The first-order valence-corrected chi connectivity index (χ1v) is 11.1. The van der Waals surface area contributed by atoms with E-state index < -0.39 is 11.2 Å². The smallest absolute Gasteiger partial charge is 0.235 e. The van der Waals surface area contributed by atoms with Gasteiger partial charge in [-0.2, -0.15) is 0 Å². The number of hydrogen-bond acceptors (Lipinski definition) is 6. The Hall–Kier alpha value is -3.85. The summed E-state index contributed by atoms with van der Waals surface area (Å²) in [5.41, 5.74) is 2.93. The normalized spacial score (nSPS) is 14.0. The fourth-order valence-electron chi connectivity index (χ4n) is 3.93. The number of ether oxygens (including phenoxy) is 1. The van der Waals surface area contributed by atoms with Gasteiger partial charge in [-0.1, -0.05) is 23.7 Å². The molecule has 0 aliphatic heterocycles. The standard InChI is InChI=1S/C24H20ClFN6O2/c1-2-34-21-8-3-14(13-27-21)17-6-5-16(12-18(17)22-29-31-32-30-22)28-23(33)24(9-10-24)15-4-7-20(26)19(25)11-15/h3-8,11-13H,2,9-10H2,1H3,(H,28,33)(H,29,30,31,32). The summed E-state index contributed by atoms with van der Waals surface area (Å²) in [6, 6.07) is 13.6. The molecule has 2 N–H and O–H groups in total. The number of benzene rings is 2. The van der Waals surface area contributed by atoms with E-state index in [4.69, 9.17) is 16.3 Å². The number of pyridine rings is 1. The highest BCUT2D eigenvalue weighted by Gasteiger charge is 2.51. The van der Waals surface area contributed by atoms with Crippen LogP contribution in [0.15, 0.2) is 54.7 Å². The zero-order chi connectivity index (χ0) is 23.7. The number of halogens is 2. The SMILES string of the molecule is CCOc1ccc(-c2ccc(NC(=O)C3(c4ccc(F)c(Cl)c4)CC3)cc2-c2nnn[nH]2)cn1. The van der Waals surface area contributed by atoms with E-state index in [1.165, 1.54) is 12.1 Å². The summed E-state index contributed by atoms with van der Waals surface area (Å²) in [6.07, 6.45) is 3.04. The molecule has 34 heavy (non-hydrogen) atoms. The molecule has 172 valence electrons. The Kier molecular flexibility index (Phi) is 5.70. The summed E-state index contributed by atoms with van der Waals surface area (Å²) >= 11 is 5.95. The average Bonchev–Trinajstić information content (AvgIpc) is 3.48. The summed E-state index contributed by atoms with van der Waals surface area (Å²) < 4.78 is 19.0. The van der Waals surface area contributed by atoms with Crippen molar-refractivity contribution in [3.8, 4) is 28.4 Å². The van der Waals surface area contributed by atoms with Gasteiger partial charge in [0.05, 0.1) is 17.0 Å². The number of amides is 1. The number of tetrazole rings is 1. The van der Waals surface area contributed by atoms with Crippen LogP contribution in [0.1, 0.15) is 25.3 Å². The quantitative estimate of drug-likeness (QED) is 0.395. The van der Waals surface area contributed by atoms with Gasteiger partial charge < -0.3 is 10.1 Å². The third-order valence-electron chi connectivity index (χ3n) is 5.87. The van der Waals surface area contributed by atoms with Crippen LogP contribution in [0.2, 0.25) is 5.02 Å². The lowest BCUT2D eigenvalue weighted by atomic mass is 9.94. The number of carbonyl (C=O) groups is 1. The van der Waals surface area contributed by atoms with Crippen molar-refractivity contribution in [3.63, 3.8) is 0 Å². The average molecular weight is 479 g/mol. The third kappa shape index (κ3) is 4.10. The molecule has 1 saturated carbocycles. The monoisotopic (exact) mass is 478 g/mol. The van der Waals surface area contributed by atoms with Crippen LogP contribution in [0.25, 0.3) is 22.5 Å². The Bertz CT molecular complexity index is 1340. The first kappa shape index (κ1) is 22.0. The molecule has 0 spiro atoms. The summed E-state index contributed by atoms with van der Waals surface area (Å²) in [6.45, 7) is 2.43. The fourth-order valence-corrected chi connectivity index (χ4v) is 4.11. The number of rotatable bonds is 7. The van der Waals surface area contributed by atoms with Crippen molar-refractivity contribution >= 4 is 23.2 Å². The van der Waals surface area contributed by atoms with Crippen LogP contribution in [-0.4, -0.2) is 38.1 Å². The minimum Gasteiger partial charge on any atom is -0.478 e. The maximum absolute atomic E-state index is 13.6. The Morgan fingerprint density at radius 3 is 2.68 bits per heavy atom. The van der Waals surface area contributed by atoms with Crippen molar-refractivity contribution < 1.29 is 13.9 Å². The number of H-pyrrole nitrogens is 1. The van der Waals surface area contributed by atoms with Gasteiger partial charge in [-0.25, -0.2) is 14.5 Å². The Morgan fingerprint density at radius 2 is 2.03 bits per heavy atom. The molecule has 10 heteroatoms. The number of hydrogen-bond donors (Lipinski definition) is 2. The molecule has 0 unspecified atom stereocenters. The molecule has 1 aliphatic carbocycles. The summed E-state index contributed by atoms with van der Waals surface area (Å²) in [4.78, 5) is 17.6. The van der Waals surface area contributed by atoms with Crippen molar-refractivity contribution in [2.24, 2.45) is 0 Å². The topological polar surface area (TPSA) is 106 Å². The molecule has 2 heterocycles. The summed E-state index contributed by atoms with van der Waals surface area (Å²) in [5.74, 6) is 0.304. The number of carbonyl (C=O) groups excluding carboxylic acids is 1. The first-order valence-electron chi connectivity index (χ1n) is 10.7. The van der Waals surface area contributed by atoms with Gasteiger partial charge in [0.15, 0.2) is 5.82 Å². The maximum Gasteiger partial charge on any atom is 0.235 e. The Labute approximate surface area is 199 Å². The van der Waals surface area contributed by atoms with Gasteiger partial charge in [-0.3, -0.25) is 4.79 Å². The van der Waals surface area contributed by atoms with Gasteiger partial charge in [0, 0.05) is 29.1 Å². The van der Waals surface area contributed by atoms with E-state index >= 15 is 0 Å². The van der Waals surface area contributed by atoms with Gasteiger partial charge in [-0.05, 0) is 71.7 Å². The Balaban J connectivity index is 1.45. The van der Waals surface area contributed by atoms with Gasteiger partial charge in [0.1, 0.15) is 5.82 Å². The predicted molar refractivity (Wildman–Crippen MR) is 125 cm³/mol. The highest BCUT2D eigenvalue weighted by atomic mass is 35.5. The lowest BCUT2D eigenvalue weighted by molar-refractivity contribution is -0.118. The van der Waals surface area contributed by atoms with Gasteiger partial charge in [-0.15, -0.1) is 5.10 Å². The second kappa shape index (κ2) is 8.83. The number of nitrogens with zero attached hydrogens (tertiary/aromatic N) is 4. The number of aromatic amines is 1. The minimum absolute atomic E-state index is 0.00463. The van der Waals surface area contributed by atoms with E-state index in [1.807, 2.05) is 25.1 Å². The summed E-state index contributed by atoms with van der Waals surface area (Å²) in [7, 11) is 0. The molecule has 0 radical (unpaired) electrons. The maximum atomic E-state index is 13.6. The van der Waals surface area contributed by atoms with Crippen LogP contribution < -0.4 is 10.1 Å². The minimum atomic E-state index is -0.719. The van der Waals surface area contributed by atoms with E-state index in [0.717, 1.165) is 11.1 Å². The van der Waals surface area contributed by atoms with Crippen LogP contribution in [0.3, 0.4) is 0 Å². The molecule has 1 aliphatic rings. The third-order valence-corrected chi connectivity index (χ3v) is 6.16. The number of anilines is 1. The van der Waals surface area contributed by atoms with Gasteiger partial charge in [0.2, 0.25) is 11.8 Å². The molecule has 0 atom stereocenters. The molecule has 4 aromatic rings. The van der Waals surface area contributed by atoms with Gasteiger partial charge >= 0.3 is 0 Å².